The molecule has 0 aliphatic heterocycles. The summed E-state index contributed by atoms with van der Waals surface area (Å²) in [5, 5.41) is 9.13. The van der Waals surface area contributed by atoms with E-state index in [1.54, 1.807) is 23.8 Å². The van der Waals surface area contributed by atoms with Crippen molar-refractivity contribution in [2.24, 2.45) is 5.84 Å². The van der Waals surface area contributed by atoms with Crippen LogP contribution in [0.3, 0.4) is 0 Å². The molecule has 0 spiro atoms. The molecule has 0 fully saturated rings. The van der Waals surface area contributed by atoms with Crippen molar-refractivity contribution in [3.63, 3.8) is 0 Å². The fourth-order valence-electron chi connectivity index (χ4n) is 1.52. The van der Waals surface area contributed by atoms with E-state index in [2.05, 4.69) is 10.4 Å². The molecular formula is C10H11N5O2. The summed E-state index contributed by atoms with van der Waals surface area (Å²) in [7, 11) is 0. The number of benzene rings is 1. The van der Waals surface area contributed by atoms with Crippen molar-refractivity contribution in [1.82, 2.24) is 16.0 Å². The molecule has 0 atom stereocenters. The average Bonchev–Trinajstić information content (AvgIpc) is 2.37. The number of carbonyl (C=O) groups excluding carboxylic acids is 1. The van der Waals surface area contributed by atoms with Crippen LogP contribution in [-0.2, 0) is 0 Å². The van der Waals surface area contributed by atoms with E-state index in [0.29, 0.717) is 16.8 Å². The molecule has 0 saturated carbocycles. The van der Waals surface area contributed by atoms with Crippen molar-refractivity contribution < 1.29 is 10.0 Å². The molecule has 0 aliphatic carbocycles. The van der Waals surface area contributed by atoms with Gasteiger partial charge in [-0.05, 0) is 12.1 Å². The maximum atomic E-state index is 11.4. The Morgan fingerprint density at radius 1 is 1.41 bits per heavy atom. The number of nitrogen functional groups attached to an aromatic ring is 1. The predicted molar refractivity (Wildman–Crippen MR) is 61.9 cm³/mol. The standard InChI is InChI=1S/C10H11N5O2/c11-13-8-3-1-2-6-4-7(5-12-9(6)8)10(16)14-15-17/h1-5,13,15,17H,11H2,(H,14,16). The number of nitrogens with two attached hydrogens (primary N) is 1. The van der Waals surface area contributed by atoms with Crippen LogP contribution in [0.25, 0.3) is 10.9 Å². The van der Waals surface area contributed by atoms with Crippen molar-refractivity contribution in [3.05, 3.63) is 36.0 Å². The van der Waals surface area contributed by atoms with E-state index in [-0.39, 0.29) is 0 Å². The number of nitrogens with one attached hydrogen (secondary N) is 3. The van der Waals surface area contributed by atoms with Crippen LogP contribution < -0.4 is 22.3 Å². The average molecular weight is 233 g/mol. The Kier molecular flexibility index (Phi) is 3.15. The molecule has 1 heterocycles. The number of nitrogens with zero attached hydrogens (tertiary/aromatic N) is 1. The third-order valence-electron chi connectivity index (χ3n) is 2.30. The van der Waals surface area contributed by atoms with Gasteiger partial charge >= 0.3 is 0 Å². The number of amides is 1. The SMILES string of the molecule is NNc1cccc2cc(C(=O)NNO)cnc12. The smallest absolute Gasteiger partial charge is 0.268 e. The third-order valence-corrected chi connectivity index (χ3v) is 2.30. The molecule has 1 aromatic heterocycles. The summed E-state index contributed by atoms with van der Waals surface area (Å²) in [5.74, 6) is 4.87. The van der Waals surface area contributed by atoms with E-state index in [9.17, 15) is 4.79 Å². The number of fused-ring (bicyclic) bond motifs is 1. The first-order chi connectivity index (χ1) is 8.26. The van der Waals surface area contributed by atoms with Gasteiger partial charge in [0, 0.05) is 11.6 Å². The molecule has 6 N–H and O–H groups in total. The molecule has 2 rings (SSSR count). The van der Waals surface area contributed by atoms with Gasteiger partial charge in [-0.1, -0.05) is 12.1 Å². The molecule has 1 amide bonds. The van der Waals surface area contributed by atoms with E-state index in [1.807, 2.05) is 11.5 Å². The molecule has 17 heavy (non-hydrogen) atoms. The zero-order chi connectivity index (χ0) is 12.3. The fraction of sp³-hybridized carbons (Fsp3) is 0. The van der Waals surface area contributed by atoms with Crippen LogP contribution in [0.5, 0.6) is 0 Å². The zero-order valence-electron chi connectivity index (χ0n) is 8.77. The summed E-state index contributed by atoms with van der Waals surface area (Å²) in [6.07, 6.45) is 1.40. The van der Waals surface area contributed by atoms with Crippen molar-refractivity contribution in [1.29, 1.82) is 0 Å². The van der Waals surface area contributed by atoms with Crippen LogP contribution in [0.2, 0.25) is 0 Å². The number of pyridine rings is 1. The van der Waals surface area contributed by atoms with E-state index >= 15 is 0 Å². The Balaban J connectivity index is 2.48. The molecule has 0 radical (unpaired) electrons. The van der Waals surface area contributed by atoms with Crippen molar-refractivity contribution in [3.8, 4) is 0 Å². The van der Waals surface area contributed by atoms with Crippen LogP contribution in [0.1, 0.15) is 10.4 Å². The monoisotopic (exact) mass is 233 g/mol. The van der Waals surface area contributed by atoms with Crippen LogP contribution in [0, 0.1) is 0 Å². The molecular weight excluding hydrogens is 222 g/mol. The Labute approximate surface area is 96.5 Å². The molecule has 0 unspecified atom stereocenters. The topological polar surface area (TPSA) is 112 Å². The summed E-state index contributed by atoms with van der Waals surface area (Å²) >= 11 is 0. The maximum Gasteiger partial charge on any atom is 0.268 e. The Morgan fingerprint density at radius 2 is 2.24 bits per heavy atom. The van der Waals surface area contributed by atoms with Gasteiger partial charge in [-0.25, -0.2) is 0 Å². The second kappa shape index (κ2) is 4.74. The highest BCUT2D eigenvalue weighted by Gasteiger charge is 2.07. The summed E-state index contributed by atoms with van der Waals surface area (Å²) in [4.78, 5) is 15.6. The second-order valence-electron chi connectivity index (χ2n) is 3.31. The van der Waals surface area contributed by atoms with E-state index in [0.717, 1.165) is 5.39 Å². The quantitative estimate of drug-likeness (QED) is 0.381. The van der Waals surface area contributed by atoms with E-state index < -0.39 is 5.91 Å². The van der Waals surface area contributed by atoms with Gasteiger partial charge in [0.2, 0.25) is 0 Å². The largest absolute Gasteiger partial charge is 0.322 e. The summed E-state index contributed by atoms with van der Waals surface area (Å²) in [6.45, 7) is 0. The van der Waals surface area contributed by atoms with Gasteiger partial charge in [-0.3, -0.25) is 26.3 Å². The van der Waals surface area contributed by atoms with Crippen molar-refractivity contribution >= 4 is 22.5 Å². The minimum absolute atomic E-state index is 0.327. The molecule has 7 heteroatoms. The highest BCUT2D eigenvalue weighted by atomic mass is 16.5. The Bertz CT molecular complexity index is 557. The minimum Gasteiger partial charge on any atom is -0.322 e. The number of hydrogen-bond acceptors (Lipinski definition) is 6. The third kappa shape index (κ3) is 2.16. The molecule has 7 nitrogen and oxygen atoms in total. The lowest BCUT2D eigenvalue weighted by Crippen LogP contribution is -2.34. The van der Waals surface area contributed by atoms with Crippen molar-refractivity contribution in [2.75, 3.05) is 5.43 Å². The van der Waals surface area contributed by atoms with Crippen LogP contribution in [-0.4, -0.2) is 16.1 Å². The fourth-order valence-corrected chi connectivity index (χ4v) is 1.52. The number of hydrogen-bond donors (Lipinski definition) is 5. The van der Waals surface area contributed by atoms with Crippen LogP contribution >= 0.6 is 0 Å². The van der Waals surface area contributed by atoms with Gasteiger partial charge < -0.3 is 5.43 Å². The molecule has 1 aromatic carbocycles. The lowest BCUT2D eigenvalue weighted by Gasteiger charge is -2.06. The molecule has 0 saturated heterocycles. The number of aromatic nitrogens is 1. The highest BCUT2D eigenvalue weighted by Crippen LogP contribution is 2.20. The maximum absolute atomic E-state index is 11.4. The predicted octanol–water partition coefficient (Wildman–Crippen LogP) is 0.144. The molecule has 2 aromatic rings. The molecule has 88 valence electrons. The van der Waals surface area contributed by atoms with Gasteiger partial charge in [0.15, 0.2) is 0 Å². The van der Waals surface area contributed by atoms with Gasteiger partial charge in [-0.15, -0.1) is 5.59 Å². The first kappa shape index (κ1) is 11.3. The normalized spacial score (nSPS) is 10.2. The number of anilines is 1. The highest BCUT2D eigenvalue weighted by molar-refractivity contribution is 5.99. The molecule has 0 aliphatic rings. The second-order valence-corrected chi connectivity index (χ2v) is 3.31. The lowest BCUT2D eigenvalue weighted by atomic mass is 10.1. The number of carbonyl (C=O) groups is 1. The number of hydrazine groups is 2. The van der Waals surface area contributed by atoms with E-state index in [4.69, 9.17) is 11.0 Å². The van der Waals surface area contributed by atoms with Gasteiger partial charge in [-0.2, -0.15) is 0 Å². The summed E-state index contributed by atoms with van der Waals surface area (Å²) in [6, 6.07) is 7.04. The Morgan fingerprint density at radius 3 is 2.94 bits per heavy atom. The zero-order valence-corrected chi connectivity index (χ0v) is 8.77. The van der Waals surface area contributed by atoms with Crippen LogP contribution in [0.15, 0.2) is 30.5 Å². The Hall–Kier alpha value is -2.22. The summed E-state index contributed by atoms with van der Waals surface area (Å²) < 4.78 is 0. The van der Waals surface area contributed by atoms with Gasteiger partial charge in [0.25, 0.3) is 5.91 Å². The van der Waals surface area contributed by atoms with Crippen molar-refractivity contribution in [2.45, 2.75) is 0 Å². The van der Waals surface area contributed by atoms with E-state index in [1.165, 1.54) is 6.20 Å². The van der Waals surface area contributed by atoms with Gasteiger partial charge in [0.05, 0.1) is 16.8 Å². The van der Waals surface area contributed by atoms with Crippen LogP contribution in [0.4, 0.5) is 5.69 Å². The first-order valence-electron chi connectivity index (χ1n) is 4.81. The summed E-state index contributed by atoms with van der Waals surface area (Å²) in [5.41, 5.74) is 7.82. The van der Waals surface area contributed by atoms with Gasteiger partial charge in [0.1, 0.15) is 0 Å². The first-order valence-corrected chi connectivity index (χ1v) is 4.81. The number of rotatable bonds is 3. The minimum atomic E-state index is -0.479. The number of para-hydroxylation sites is 1. The molecule has 0 bridgehead atoms. The lowest BCUT2D eigenvalue weighted by molar-refractivity contribution is 0.0731.